The fourth-order valence-corrected chi connectivity index (χ4v) is 1.24. The van der Waals surface area contributed by atoms with E-state index in [1.807, 2.05) is 0 Å². The third-order valence-electron chi connectivity index (χ3n) is 1.26. The van der Waals surface area contributed by atoms with Crippen molar-refractivity contribution in [2.45, 2.75) is 6.30 Å². The zero-order valence-electron chi connectivity index (χ0n) is 6.56. The second kappa shape index (κ2) is 3.93. The molecule has 4 nitrogen and oxygen atoms in total. The maximum atomic E-state index is 12.2. The summed E-state index contributed by atoms with van der Waals surface area (Å²) in [6.45, 7) is 0. The minimum atomic E-state index is -4.98. The predicted octanol–water partition coefficient (Wildman–Crippen LogP) is 1.20. The summed E-state index contributed by atoms with van der Waals surface area (Å²) in [5.74, 6) is 0. The molecule has 1 rings (SSSR count). The van der Waals surface area contributed by atoms with Crippen molar-refractivity contribution in [2.75, 3.05) is 4.31 Å². The van der Waals surface area contributed by atoms with Crippen LogP contribution in [0.5, 0.6) is 0 Å². The van der Waals surface area contributed by atoms with Crippen LogP contribution in [-0.4, -0.2) is 20.0 Å². The van der Waals surface area contributed by atoms with Crippen LogP contribution >= 0.6 is 0 Å². The summed E-state index contributed by atoms with van der Waals surface area (Å²) < 4.78 is 56.4. The van der Waals surface area contributed by atoms with E-state index in [0.717, 1.165) is 12.3 Å². The minimum Gasteiger partial charge on any atom is -0.755 e. The molecule has 0 radical (unpaired) electrons. The number of hydrogen-bond acceptors (Lipinski definition) is 3. The molecule has 1 heterocycles. The lowest BCUT2D eigenvalue weighted by Crippen LogP contribution is -2.39. The molecule has 0 amide bonds. The molecule has 1 aromatic rings. The second-order valence-electron chi connectivity index (χ2n) is 2.19. The molecule has 0 bridgehead atoms. The highest BCUT2D eigenvalue weighted by molar-refractivity contribution is 7.80. The van der Waals surface area contributed by atoms with Crippen LogP contribution in [0, 0.1) is 0 Å². The molecule has 0 fully saturated rings. The molecule has 0 N–H and O–H groups in total. The molecular formula is C6H4F3N2O2S-. The van der Waals surface area contributed by atoms with Gasteiger partial charge in [-0.15, -0.1) is 13.2 Å². The average molecular weight is 225 g/mol. The summed E-state index contributed by atoms with van der Waals surface area (Å²) in [6.07, 6.45) is -2.93. The van der Waals surface area contributed by atoms with E-state index in [0.29, 0.717) is 0 Å². The van der Waals surface area contributed by atoms with E-state index < -0.39 is 27.6 Å². The van der Waals surface area contributed by atoms with Crippen LogP contribution in [0.1, 0.15) is 0 Å². The fourth-order valence-electron chi connectivity index (χ4n) is 0.791. The van der Waals surface area contributed by atoms with Crippen LogP contribution in [0.25, 0.3) is 0 Å². The SMILES string of the molecule is O=S([O-])N(c1cccnc1)C(F)(F)F. The van der Waals surface area contributed by atoms with Crippen LogP contribution < -0.4 is 4.31 Å². The molecule has 0 saturated carbocycles. The van der Waals surface area contributed by atoms with Crippen molar-refractivity contribution in [3.63, 3.8) is 0 Å². The molecule has 0 aliphatic heterocycles. The maximum absolute atomic E-state index is 12.2. The van der Waals surface area contributed by atoms with Crippen molar-refractivity contribution in [3.8, 4) is 0 Å². The zero-order valence-corrected chi connectivity index (χ0v) is 7.38. The molecule has 1 unspecified atom stereocenters. The predicted molar refractivity (Wildman–Crippen MR) is 41.7 cm³/mol. The van der Waals surface area contributed by atoms with E-state index in [4.69, 9.17) is 0 Å². The second-order valence-corrected chi connectivity index (χ2v) is 2.99. The number of nitrogens with zero attached hydrogens (tertiary/aromatic N) is 2. The first kappa shape index (κ1) is 10.9. The third kappa shape index (κ3) is 2.42. The van der Waals surface area contributed by atoms with Crippen molar-refractivity contribution < 1.29 is 21.9 Å². The summed E-state index contributed by atoms with van der Waals surface area (Å²) in [4.78, 5) is 3.39. The molecule has 1 aromatic heterocycles. The van der Waals surface area contributed by atoms with Crippen molar-refractivity contribution >= 4 is 17.0 Å². The topological polar surface area (TPSA) is 56.3 Å². The van der Waals surface area contributed by atoms with Crippen LogP contribution in [0.4, 0.5) is 18.9 Å². The molecule has 0 aliphatic carbocycles. The standard InChI is InChI=1S/C6H5F3N2O2S/c7-6(8,9)11(14(12)13)5-2-1-3-10-4-5/h1-4H,(H,12,13)/p-1. The summed E-state index contributed by atoms with van der Waals surface area (Å²) in [7, 11) is 0. The van der Waals surface area contributed by atoms with Crippen LogP contribution in [0.3, 0.4) is 0 Å². The lowest BCUT2D eigenvalue weighted by Gasteiger charge is -2.27. The van der Waals surface area contributed by atoms with Crippen molar-refractivity contribution in [1.29, 1.82) is 0 Å². The Hall–Kier alpha value is -1.15. The number of hydrogen-bond donors (Lipinski definition) is 0. The van der Waals surface area contributed by atoms with Gasteiger partial charge >= 0.3 is 6.30 Å². The summed E-state index contributed by atoms with van der Waals surface area (Å²) in [5, 5.41) is 0. The van der Waals surface area contributed by atoms with Gasteiger partial charge in [0.05, 0.1) is 23.2 Å². The molecule has 8 heteroatoms. The fraction of sp³-hybridized carbons (Fsp3) is 0.167. The Kier molecular flexibility index (Phi) is 3.06. The lowest BCUT2D eigenvalue weighted by molar-refractivity contribution is -0.115. The van der Waals surface area contributed by atoms with Gasteiger partial charge in [0.25, 0.3) is 0 Å². The number of halogens is 3. The Bertz CT molecular complexity index is 330. The van der Waals surface area contributed by atoms with Gasteiger partial charge in [0.2, 0.25) is 0 Å². The van der Waals surface area contributed by atoms with E-state index in [1.165, 1.54) is 12.3 Å². The van der Waals surface area contributed by atoms with Crippen LogP contribution in [0.2, 0.25) is 0 Å². The highest BCUT2D eigenvalue weighted by Gasteiger charge is 2.38. The van der Waals surface area contributed by atoms with Crippen LogP contribution in [0.15, 0.2) is 24.5 Å². The number of aromatic nitrogens is 1. The van der Waals surface area contributed by atoms with Gasteiger partial charge < -0.3 is 4.55 Å². The van der Waals surface area contributed by atoms with Crippen molar-refractivity contribution in [2.24, 2.45) is 0 Å². The van der Waals surface area contributed by atoms with Gasteiger partial charge in [-0.25, -0.2) is 4.31 Å². The maximum Gasteiger partial charge on any atom is 0.495 e. The molecule has 78 valence electrons. The summed E-state index contributed by atoms with van der Waals surface area (Å²) in [5.41, 5.74) is -0.548. The minimum absolute atomic E-state index is 0.548. The van der Waals surface area contributed by atoms with Gasteiger partial charge in [0.15, 0.2) is 0 Å². The third-order valence-corrected chi connectivity index (χ3v) is 1.98. The molecule has 1 atom stereocenters. The van der Waals surface area contributed by atoms with Gasteiger partial charge in [-0.3, -0.25) is 9.19 Å². The first-order valence-electron chi connectivity index (χ1n) is 3.29. The Morgan fingerprint density at radius 1 is 1.50 bits per heavy atom. The highest BCUT2D eigenvalue weighted by atomic mass is 32.2. The van der Waals surface area contributed by atoms with Gasteiger partial charge in [-0.2, -0.15) is 0 Å². The Morgan fingerprint density at radius 2 is 2.14 bits per heavy atom. The summed E-state index contributed by atoms with van der Waals surface area (Å²) in [6, 6.07) is 2.21. The summed E-state index contributed by atoms with van der Waals surface area (Å²) >= 11 is -3.41. The van der Waals surface area contributed by atoms with E-state index >= 15 is 0 Å². The largest absolute Gasteiger partial charge is 0.755 e. The van der Waals surface area contributed by atoms with Crippen LogP contribution in [-0.2, 0) is 11.3 Å². The van der Waals surface area contributed by atoms with Gasteiger partial charge in [-0.1, -0.05) is 0 Å². The smallest absolute Gasteiger partial charge is 0.495 e. The van der Waals surface area contributed by atoms with E-state index in [9.17, 15) is 21.9 Å². The Labute approximate surface area is 79.8 Å². The van der Waals surface area contributed by atoms with Crippen molar-refractivity contribution in [1.82, 2.24) is 4.98 Å². The molecular weight excluding hydrogens is 221 g/mol. The van der Waals surface area contributed by atoms with Crippen molar-refractivity contribution in [3.05, 3.63) is 24.5 Å². The van der Waals surface area contributed by atoms with Gasteiger partial charge in [-0.05, 0) is 12.1 Å². The average Bonchev–Trinajstić information content (AvgIpc) is 2.02. The monoisotopic (exact) mass is 225 g/mol. The number of alkyl halides is 3. The molecule has 0 aliphatic rings. The van der Waals surface area contributed by atoms with E-state index in [1.54, 1.807) is 0 Å². The lowest BCUT2D eigenvalue weighted by atomic mass is 10.4. The first-order valence-corrected chi connectivity index (χ1v) is 4.32. The van der Waals surface area contributed by atoms with E-state index in [-0.39, 0.29) is 0 Å². The number of rotatable bonds is 2. The molecule has 0 saturated heterocycles. The number of anilines is 1. The molecule has 0 aromatic carbocycles. The van der Waals surface area contributed by atoms with E-state index in [2.05, 4.69) is 4.98 Å². The first-order chi connectivity index (χ1) is 6.43. The molecule has 14 heavy (non-hydrogen) atoms. The number of pyridine rings is 1. The Balaban J connectivity index is 3.08. The highest BCUT2D eigenvalue weighted by Crippen LogP contribution is 2.28. The van der Waals surface area contributed by atoms with Gasteiger partial charge in [0, 0.05) is 6.20 Å². The van der Waals surface area contributed by atoms with Gasteiger partial charge in [0.1, 0.15) is 0 Å². The zero-order chi connectivity index (χ0) is 10.8. The Morgan fingerprint density at radius 3 is 2.50 bits per heavy atom. The molecule has 0 spiro atoms. The quantitative estimate of drug-likeness (QED) is 0.561. The normalized spacial score (nSPS) is 13.7.